The molecule has 0 spiro atoms. The average molecular weight is 369 g/mol. The van der Waals surface area contributed by atoms with Gasteiger partial charge in [-0.25, -0.2) is 4.98 Å². The molecule has 1 aliphatic rings. The molecule has 0 bridgehead atoms. The first kappa shape index (κ1) is 16.8. The minimum Gasteiger partial charge on any atom is -0.338 e. The van der Waals surface area contributed by atoms with Crippen LogP contribution in [0.1, 0.15) is 45.4 Å². The van der Waals surface area contributed by atoms with E-state index in [-0.39, 0.29) is 11.8 Å². The molecule has 0 radical (unpaired) electrons. The van der Waals surface area contributed by atoms with Gasteiger partial charge in [0.25, 0.3) is 11.8 Å². The van der Waals surface area contributed by atoms with Gasteiger partial charge in [0.15, 0.2) is 5.82 Å². The van der Waals surface area contributed by atoms with E-state index in [4.69, 9.17) is 4.52 Å². The number of aromatic nitrogens is 4. The van der Waals surface area contributed by atoms with Gasteiger partial charge in [0, 0.05) is 41.7 Å². The molecule has 4 rings (SSSR count). The van der Waals surface area contributed by atoms with Crippen LogP contribution in [0.25, 0.3) is 11.6 Å². The normalized spacial score (nSPS) is 17.5. The number of piperidine rings is 1. The fourth-order valence-electron chi connectivity index (χ4n) is 3.18. The lowest BCUT2D eigenvalue weighted by molar-refractivity contribution is 0.0703. The second kappa shape index (κ2) is 6.95. The maximum atomic E-state index is 12.9. The highest BCUT2D eigenvalue weighted by Gasteiger charge is 2.29. The topological polar surface area (TPSA) is 85.0 Å². The Morgan fingerprint density at radius 3 is 2.96 bits per heavy atom. The number of thiophene rings is 1. The number of rotatable bonds is 3. The molecule has 4 heterocycles. The minimum atomic E-state index is 0.0712. The maximum Gasteiger partial charge on any atom is 0.278 e. The van der Waals surface area contributed by atoms with Crippen molar-refractivity contribution in [1.82, 2.24) is 25.0 Å². The van der Waals surface area contributed by atoms with Crippen molar-refractivity contribution in [1.29, 1.82) is 0 Å². The molecule has 0 aromatic carbocycles. The number of hydrogen-bond donors (Lipinski definition) is 0. The molecular formula is C18H19N5O2S. The summed E-state index contributed by atoms with van der Waals surface area (Å²) in [6.07, 6.45) is 6.64. The number of carbonyl (C=O) groups excluding carboxylic acids is 1. The van der Waals surface area contributed by atoms with Crippen LogP contribution in [0.15, 0.2) is 28.5 Å². The molecule has 134 valence electrons. The lowest BCUT2D eigenvalue weighted by atomic mass is 9.96. The van der Waals surface area contributed by atoms with Gasteiger partial charge in [0.1, 0.15) is 5.69 Å². The highest BCUT2D eigenvalue weighted by atomic mass is 32.1. The SMILES string of the molecule is Cc1scc(C(=O)N2CCC[C@H](c3noc(-c4cnccn4)n3)C2)c1C. The maximum absolute atomic E-state index is 12.9. The number of likely N-dealkylation sites (tertiary alicyclic amines) is 1. The van der Waals surface area contributed by atoms with Crippen LogP contribution in [0.5, 0.6) is 0 Å². The molecular weight excluding hydrogens is 350 g/mol. The van der Waals surface area contributed by atoms with Crippen LogP contribution in [0.3, 0.4) is 0 Å². The van der Waals surface area contributed by atoms with Crippen molar-refractivity contribution in [3.8, 4) is 11.6 Å². The van der Waals surface area contributed by atoms with Gasteiger partial charge in [-0.1, -0.05) is 5.16 Å². The fourth-order valence-corrected chi connectivity index (χ4v) is 4.04. The number of hydrogen-bond acceptors (Lipinski definition) is 7. The first-order chi connectivity index (χ1) is 12.6. The summed E-state index contributed by atoms with van der Waals surface area (Å²) in [7, 11) is 0. The lowest BCUT2D eigenvalue weighted by Gasteiger charge is -2.31. The Bertz CT molecular complexity index is 921. The van der Waals surface area contributed by atoms with Crippen molar-refractivity contribution < 1.29 is 9.32 Å². The summed E-state index contributed by atoms with van der Waals surface area (Å²) in [6.45, 7) is 5.42. The molecule has 3 aromatic heterocycles. The van der Waals surface area contributed by atoms with Crippen LogP contribution in [-0.4, -0.2) is 44.0 Å². The summed E-state index contributed by atoms with van der Waals surface area (Å²) in [5.41, 5.74) is 2.44. The Morgan fingerprint density at radius 1 is 1.35 bits per heavy atom. The molecule has 0 unspecified atom stereocenters. The Balaban J connectivity index is 1.51. The third kappa shape index (κ3) is 3.12. The molecule has 26 heavy (non-hydrogen) atoms. The second-order valence-corrected chi connectivity index (χ2v) is 7.55. The Kier molecular flexibility index (Phi) is 4.50. The zero-order valence-electron chi connectivity index (χ0n) is 14.7. The predicted molar refractivity (Wildman–Crippen MR) is 97.0 cm³/mol. The standard InChI is InChI=1S/C18H19N5O2S/c1-11-12(2)26-10-14(11)18(24)23-7-3-4-13(9-23)16-21-17(25-22-16)15-8-19-5-6-20-15/h5-6,8,10,13H,3-4,7,9H2,1-2H3/t13-/m0/s1. The van der Waals surface area contributed by atoms with Crippen LogP contribution < -0.4 is 0 Å². The van der Waals surface area contributed by atoms with Crippen molar-refractivity contribution in [2.24, 2.45) is 0 Å². The monoisotopic (exact) mass is 369 g/mol. The van der Waals surface area contributed by atoms with Gasteiger partial charge in [0.2, 0.25) is 0 Å². The summed E-state index contributed by atoms with van der Waals surface area (Å²) in [5, 5.41) is 6.07. The van der Waals surface area contributed by atoms with Gasteiger partial charge in [-0.2, -0.15) is 4.98 Å². The van der Waals surface area contributed by atoms with Gasteiger partial charge < -0.3 is 9.42 Å². The molecule has 1 amide bonds. The summed E-state index contributed by atoms with van der Waals surface area (Å²) < 4.78 is 5.34. The van der Waals surface area contributed by atoms with Gasteiger partial charge in [0.05, 0.1) is 11.8 Å². The van der Waals surface area contributed by atoms with E-state index in [2.05, 4.69) is 20.1 Å². The van der Waals surface area contributed by atoms with Gasteiger partial charge >= 0.3 is 0 Å². The van der Waals surface area contributed by atoms with E-state index in [1.807, 2.05) is 24.1 Å². The largest absolute Gasteiger partial charge is 0.338 e. The molecule has 7 nitrogen and oxygen atoms in total. The number of nitrogens with zero attached hydrogens (tertiary/aromatic N) is 5. The zero-order chi connectivity index (χ0) is 18.1. The molecule has 0 saturated carbocycles. The first-order valence-corrected chi connectivity index (χ1v) is 9.45. The summed E-state index contributed by atoms with van der Waals surface area (Å²) in [6, 6.07) is 0. The third-order valence-electron chi connectivity index (χ3n) is 4.81. The summed E-state index contributed by atoms with van der Waals surface area (Å²) in [4.78, 5) is 28.7. The van der Waals surface area contributed by atoms with Gasteiger partial charge in [-0.05, 0) is 32.3 Å². The number of amides is 1. The van der Waals surface area contributed by atoms with Crippen LogP contribution in [0.2, 0.25) is 0 Å². The second-order valence-electron chi connectivity index (χ2n) is 6.47. The van der Waals surface area contributed by atoms with E-state index in [9.17, 15) is 4.79 Å². The van der Waals surface area contributed by atoms with Crippen molar-refractivity contribution in [3.63, 3.8) is 0 Å². The van der Waals surface area contributed by atoms with Crippen LogP contribution >= 0.6 is 11.3 Å². The van der Waals surface area contributed by atoms with E-state index >= 15 is 0 Å². The molecule has 8 heteroatoms. The van der Waals surface area contributed by atoms with Crippen molar-refractivity contribution >= 4 is 17.2 Å². The van der Waals surface area contributed by atoms with Crippen molar-refractivity contribution in [3.05, 3.63) is 45.8 Å². The zero-order valence-corrected chi connectivity index (χ0v) is 15.5. The molecule has 1 aliphatic heterocycles. The fraction of sp³-hybridized carbons (Fsp3) is 0.389. The molecule has 3 aromatic rings. The highest BCUT2D eigenvalue weighted by molar-refractivity contribution is 7.10. The molecule has 0 N–H and O–H groups in total. The lowest BCUT2D eigenvalue weighted by Crippen LogP contribution is -2.39. The molecule has 0 aliphatic carbocycles. The third-order valence-corrected chi connectivity index (χ3v) is 5.83. The Morgan fingerprint density at radius 2 is 2.23 bits per heavy atom. The van der Waals surface area contributed by atoms with Crippen LogP contribution in [0.4, 0.5) is 0 Å². The molecule has 1 atom stereocenters. The Labute approximate surface area is 155 Å². The van der Waals surface area contributed by atoms with Crippen LogP contribution in [0, 0.1) is 13.8 Å². The average Bonchev–Trinajstić information content (AvgIpc) is 3.30. The Hall–Kier alpha value is -2.61. The van der Waals surface area contributed by atoms with E-state index in [0.717, 1.165) is 30.5 Å². The minimum absolute atomic E-state index is 0.0712. The molecule has 1 fully saturated rings. The smallest absolute Gasteiger partial charge is 0.278 e. The summed E-state index contributed by atoms with van der Waals surface area (Å²) in [5.74, 6) is 1.15. The van der Waals surface area contributed by atoms with E-state index < -0.39 is 0 Å². The highest BCUT2D eigenvalue weighted by Crippen LogP contribution is 2.29. The van der Waals surface area contributed by atoms with E-state index in [1.165, 1.54) is 4.88 Å². The number of carbonyl (C=O) groups is 1. The number of aryl methyl sites for hydroxylation is 1. The van der Waals surface area contributed by atoms with Crippen molar-refractivity contribution in [2.45, 2.75) is 32.6 Å². The van der Waals surface area contributed by atoms with E-state index in [0.29, 0.717) is 24.0 Å². The summed E-state index contributed by atoms with van der Waals surface area (Å²) >= 11 is 1.62. The molecule has 1 saturated heterocycles. The predicted octanol–water partition coefficient (Wildman–Crippen LogP) is 3.22. The quantitative estimate of drug-likeness (QED) is 0.705. The van der Waals surface area contributed by atoms with Gasteiger partial charge in [-0.3, -0.25) is 9.78 Å². The van der Waals surface area contributed by atoms with Gasteiger partial charge in [-0.15, -0.1) is 11.3 Å². The first-order valence-electron chi connectivity index (χ1n) is 8.57. The van der Waals surface area contributed by atoms with Crippen LogP contribution in [-0.2, 0) is 0 Å². The van der Waals surface area contributed by atoms with E-state index in [1.54, 1.807) is 29.9 Å². The van der Waals surface area contributed by atoms with Crippen molar-refractivity contribution in [2.75, 3.05) is 13.1 Å².